The highest BCUT2D eigenvalue weighted by atomic mass is 16.3. The van der Waals surface area contributed by atoms with Gasteiger partial charge in [-0.1, -0.05) is 30.3 Å². The maximum atomic E-state index is 5.95. The van der Waals surface area contributed by atoms with E-state index in [0.29, 0.717) is 5.89 Å². The maximum absolute atomic E-state index is 5.95. The highest BCUT2D eigenvalue weighted by Gasteiger charge is 2.13. The molecule has 0 spiro atoms. The molecular formula is C30H23N3O+2. The number of pyridine rings is 2. The number of aryl methyl sites for hydroxylation is 1. The Morgan fingerprint density at radius 1 is 0.588 bits per heavy atom. The Morgan fingerprint density at radius 3 is 1.85 bits per heavy atom. The summed E-state index contributed by atoms with van der Waals surface area (Å²) < 4.78 is 10.2. The Balaban J connectivity index is 1.26. The van der Waals surface area contributed by atoms with Crippen LogP contribution in [0.5, 0.6) is 0 Å². The molecule has 0 atom stereocenters. The highest BCUT2D eigenvalue weighted by Crippen LogP contribution is 2.25. The molecule has 0 fully saturated rings. The summed E-state index contributed by atoms with van der Waals surface area (Å²) in [5, 5.41) is 0. The van der Waals surface area contributed by atoms with Crippen LogP contribution in [-0.2, 0) is 0 Å². The Bertz CT molecular complexity index is 1570. The van der Waals surface area contributed by atoms with Gasteiger partial charge in [-0.3, -0.25) is 0 Å². The molecule has 0 aliphatic heterocycles. The van der Waals surface area contributed by atoms with Gasteiger partial charge in [0, 0.05) is 54.1 Å². The van der Waals surface area contributed by atoms with E-state index in [9.17, 15) is 0 Å². The van der Waals surface area contributed by atoms with Crippen molar-refractivity contribution in [2.24, 2.45) is 0 Å². The number of oxazole rings is 1. The molecule has 3 aromatic heterocycles. The zero-order valence-electron chi connectivity index (χ0n) is 18.8. The van der Waals surface area contributed by atoms with E-state index in [0.717, 1.165) is 28.0 Å². The summed E-state index contributed by atoms with van der Waals surface area (Å²) in [5.74, 6) is 0.631. The van der Waals surface area contributed by atoms with Crippen LogP contribution in [0.15, 0.2) is 126 Å². The minimum Gasteiger partial charge on any atom is -0.436 e. The smallest absolute Gasteiger partial charge is 0.227 e. The Morgan fingerprint density at radius 2 is 1.21 bits per heavy atom. The first-order chi connectivity index (χ1) is 16.7. The molecule has 0 amide bonds. The fraction of sp³-hybridized carbons (Fsp3) is 0.0333. The molecule has 0 aliphatic carbocycles. The van der Waals surface area contributed by atoms with Crippen molar-refractivity contribution in [2.75, 3.05) is 0 Å². The Labute approximate surface area is 198 Å². The lowest BCUT2D eigenvalue weighted by atomic mass is 10.1. The molecule has 0 unspecified atom stereocenters. The van der Waals surface area contributed by atoms with Crippen LogP contribution in [0.25, 0.3) is 45.1 Å². The fourth-order valence-electron chi connectivity index (χ4n) is 4.17. The van der Waals surface area contributed by atoms with Gasteiger partial charge in [0.05, 0.1) is 0 Å². The molecule has 0 bridgehead atoms. The molecule has 4 heteroatoms. The summed E-state index contributed by atoms with van der Waals surface area (Å²) in [5.41, 5.74) is 8.43. The summed E-state index contributed by atoms with van der Waals surface area (Å²) >= 11 is 0. The lowest BCUT2D eigenvalue weighted by molar-refractivity contribution is -0.596. The van der Waals surface area contributed by atoms with E-state index in [4.69, 9.17) is 4.42 Å². The van der Waals surface area contributed by atoms with Crippen LogP contribution in [0.4, 0.5) is 0 Å². The van der Waals surface area contributed by atoms with E-state index in [2.05, 4.69) is 106 Å². The number of hydrogen-bond donors (Lipinski definition) is 0. The van der Waals surface area contributed by atoms with Gasteiger partial charge in [0.1, 0.15) is 5.52 Å². The number of fused-ring (bicyclic) bond motifs is 1. The molecule has 6 aromatic rings. The van der Waals surface area contributed by atoms with Gasteiger partial charge in [0.15, 0.2) is 30.4 Å². The third-order valence-electron chi connectivity index (χ3n) is 5.98. The van der Waals surface area contributed by atoms with Gasteiger partial charge in [-0.05, 0) is 41.8 Å². The van der Waals surface area contributed by atoms with Crippen LogP contribution < -0.4 is 9.13 Å². The van der Waals surface area contributed by atoms with Gasteiger partial charge in [-0.15, -0.1) is 0 Å². The standard InChI is InChI=1S/C30H23N3O/c1-22-6-4-8-26(20-22)32-16-12-23(13-17-32)24-14-18-33(19-15-24)27-9-5-7-25(21-27)30-31-28-10-2-3-11-29(28)34-30/h2-21H,1H3/q+2. The number of nitrogens with zero attached hydrogens (tertiary/aromatic N) is 3. The predicted octanol–water partition coefficient (Wildman–Crippen LogP) is 6.02. The van der Waals surface area contributed by atoms with E-state index >= 15 is 0 Å². The fourth-order valence-corrected chi connectivity index (χ4v) is 4.17. The van der Waals surface area contributed by atoms with Gasteiger partial charge in [0.2, 0.25) is 17.3 Å². The third-order valence-corrected chi connectivity index (χ3v) is 5.98. The van der Waals surface area contributed by atoms with Gasteiger partial charge >= 0.3 is 0 Å². The second kappa shape index (κ2) is 8.41. The third kappa shape index (κ3) is 3.86. The summed E-state index contributed by atoms with van der Waals surface area (Å²) in [6.45, 7) is 2.11. The molecule has 162 valence electrons. The van der Waals surface area contributed by atoms with Gasteiger partial charge in [-0.2, -0.15) is 9.13 Å². The minimum atomic E-state index is 0.631. The summed E-state index contributed by atoms with van der Waals surface area (Å²) in [6, 6.07) is 33.1. The van der Waals surface area contributed by atoms with Gasteiger partial charge in [-0.25, -0.2) is 4.98 Å². The largest absolute Gasteiger partial charge is 0.436 e. The van der Waals surface area contributed by atoms with Crippen molar-refractivity contribution in [3.63, 3.8) is 0 Å². The Kier molecular flexibility index (Phi) is 4.96. The highest BCUT2D eigenvalue weighted by molar-refractivity contribution is 5.76. The van der Waals surface area contributed by atoms with Crippen LogP contribution in [0.2, 0.25) is 0 Å². The van der Waals surface area contributed by atoms with Crippen molar-refractivity contribution in [1.82, 2.24) is 4.98 Å². The monoisotopic (exact) mass is 441 g/mol. The summed E-state index contributed by atoms with van der Waals surface area (Å²) in [4.78, 5) is 4.63. The molecule has 3 heterocycles. The molecule has 0 aliphatic rings. The zero-order chi connectivity index (χ0) is 22.9. The lowest BCUT2D eigenvalue weighted by Crippen LogP contribution is -2.29. The van der Waals surface area contributed by atoms with Gasteiger partial charge < -0.3 is 4.42 Å². The van der Waals surface area contributed by atoms with Crippen LogP contribution in [0.1, 0.15) is 5.56 Å². The second-order valence-corrected chi connectivity index (χ2v) is 8.36. The summed E-state index contributed by atoms with van der Waals surface area (Å²) in [7, 11) is 0. The van der Waals surface area contributed by atoms with E-state index in [-0.39, 0.29) is 0 Å². The lowest BCUT2D eigenvalue weighted by Gasteiger charge is -2.02. The number of rotatable bonds is 4. The molecular weight excluding hydrogens is 418 g/mol. The number of hydrogen-bond acceptors (Lipinski definition) is 2. The molecule has 4 nitrogen and oxygen atoms in total. The van der Waals surface area contributed by atoms with Crippen LogP contribution in [0, 0.1) is 6.92 Å². The van der Waals surface area contributed by atoms with Crippen LogP contribution in [0.3, 0.4) is 0 Å². The van der Waals surface area contributed by atoms with Crippen molar-refractivity contribution in [2.45, 2.75) is 6.92 Å². The molecule has 0 N–H and O–H groups in total. The predicted molar refractivity (Wildman–Crippen MR) is 133 cm³/mol. The van der Waals surface area contributed by atoms with Crippen molar-refractivity contribution < 1.29 is 13.6 Å². The van der Waals surface area contributed by atoms with Crippen molar-refractivity contribution in [1.29, 1.82) is 0 Å². The van der Waals surface area contributed by atoms with Gasteiger partial charge in [0.25, 0.3) is 0 Å². The normalized spacial score (nSPS) is 11.1. The van der Waals surface area contributed by atoms with E-state index in [1.54, 1.807) is 0 Å². The van der Waals surface area contributed by atoms with E-state index in [1.807, 2.05) is 36.4 Å². The average Bonchev–Trinajstić information content (AvgIpc) is 3.34. The van der Waals surface area contributed by atoms with E-state index in [1.165, 1.54) is 16.7 Å². The Hall–Kier alpha value is -4.57. The topological polar surface area (TPSA) is 33.8 Å². The molecule has 3 aromatic carbocycles. The molecule has 0 saturated carbocycles. The minimum absolute atomic E-state index is 0.631. The van der Waals surface area contributed by atoms with Crippen molar-refractivity contribution in [3.8, 4) is 34.0 Å². The maximum Gasteiger partial charge on any atom is 0.227 e. The molecule has 6 rings (SSSR count). The van der Waals surface area contributed by atoms with Crippen molar-refractivity contribution in [3.05, 3.63) is 127 Å². The molecule has 0 saturated heterocycles. The van der Waals surface area contributed by atoms with E-state index < -0.39 is 0 Å². The van der Waals surface area contributed by atoms with Crippen LogP contribution in [-0.4, -0.2) is 4.98 Å². The SMILES string of the molecule is Cc1cccc(-[n+]2ccc(-c3cc[n+](-c4cccc(-c5nc6ccccc6o5)c4)cc3)cc2)c1. The average molecular weight is 442 g/mol. The molecule has 34 heavy (non-hydrogen) atoms. The zero-order valence-corrected chi connectivity index (χ0v) is 18.8. The molecule has 0 radical (unpaired) electrons. The first-order valence-electron chi connectivity index (χ1n) is 11.3. The van der Waals surface area contributed by atoms with Crippen molar-refractivity contribution >= 4 is 11.1 Å². The number of aromatic nitrogens is 3. The number of benzene rings is 3. The van der Waals surface area contributed by atoms with Crippen LogP contribution >= 0.6 is 0 Å². The first-order valence-corrected chi connectivity index (χ1v) is 11.3. The summed E-state index contributed by atoms with van der Waals surface area (Å²) in [6.07, 6.45) is 8.38. The quantitative estimate of drug-likeness (QED) is 0.313. The second-order valence-electron chi connectivity index (χ2n) is 8.36. The first kappa shape index (κ1) is 20.1. The number of para-hydroxylation sites is 2.